The molecule has 0 atom stereocenters. The van der Waals surface area contributed by atoms with Crippen molar-refractivity contribution in [2.24, 2.45) is 0 Å². The van der Waals surface area contributed by atoms with Gasteiger partial charge in [-0.3, -0.25) is 4.79 Å². The third kappa shape index (κ3) is 4.91. The fourth-order valence-corrected chi connectivity index (χ4v) is 3.02. The van der Waals surface area contributed by atoms with E-state index in [1.165, 1.54) is 5.56 Å². The van der Waals surface area contributed by atoms with E-state index in [9.17, 15) is 4.79 Å². The summed E-state index contributed by atoms with van der Waals surface area (Å²) in [4.78, 5) is 12.1. The lowest BCUT2D eigenvalue weighted by Crippen LogP contribution is -2.26. The number of aryl methyl sites for hydroxylation is 1. The molecule has 26 heavy (non-hydrogen) atoms. The van der Waals surface area contributed by atoms with E-state index in [0.717, 1.165) is 42.1 Å². The van der Waals surface area contributed by atoms with Crippen LogP contribution < -0.4 is 19.5 Å². The number of carbonyl (C=O) groups excluding carboxylic acids is 1. The van der Waals surface area contributed by atoms with Crippen molar-refractivity contribution in [2.75, 3.05) is 26.9 Å². The maximum atomic E-state index is 12.1. The highest BCUT2D eigenvalue weighted by Gasteiger charge is 2.13. The van der Waals surface area contributed by atoms with Crippen molar-refractivity contribution in [1.82, 2.24) is 5.32 Å². The normalized spacial score (nSPS) is 12.5. The molecular formula is C21H25NO4. The van der Waals surface area contributed by atoms with Crippen LogP contribution >= 0.6 is 0 Å². The minimum absolute atomic E-state index is 0.0268. The van der Waals surface area contributed by atoms with Gasteiger partial charge in [0.15, 0.2) is 11.5 Å². The molecule has 0 saturated heterocycles. The van der Waals surface area contributed by atoms with Gasteiger partial charge in [-0.15, -0.1) is 0 Å². The lowest BCUT2D eigenvalue weighted by Gasteiger charge is -2.18. The van der Waals surface area contributed by atoms with Gasteiger partial charge in [0.2, 0.25) is 5.91 Å². The number of para-hydroxylation sites is 1. The molecule has 1 aliphatic rings. The van der Waals surface area contributed by atoms with Gasteiger partial charge in [-0.1, -0.05) is 24.3 Å². The monoisotopic (exact) mass is 355 g/mol. The SMILES string of the molecule is COc1ccccc1CCCCNC(=O)Cc1ccc2c(c1)OCCO2. The average Bonchev–Trinajstić information content (AvgIpc) is 2.68. The summed E-state index contributed by atoms with van der Waals surface area (Å²) in [5.41, 5.74) is 2.14. The second-order valence-electron chi connectivity index (χ2n) is 6.27. The molecule has 0 saturated carbocycles. The summed E-state index contributed by atoms with van der Waals surface area (Å²) in [5, 5.41) is 2.98. The Morgan fingerprint density at radius 1 is 1.08 bits per heavy atom. The maximum Gasteiger partial charge on any atom is 0.224 e. The van der Waals surface area contributed by atoms with Crippen LogP contribution in [0.1, 0.15) is 24.0 Å². The smallest absolute Gasteiger partial charge is 0.224 e. The van der Waals surface area contributed by atoms with Gasteiger partial charge in [0.05, 0.1) is 13.5 Å². The van der Waals surface area contributed by atoms with Crippen LogP contribution in [0.3, 0.4) is 0 Å². The van der Waals surface area contributed by atoms with Crippen LogP contribution in [-0.2, 0) is 17.6 Å². The van der Waals surface area contributed by atoms with Crippen molar-refractivity contribution in [1.29, 1.82) is 0 Å². The van der Waals surface area contributed by atoms with E-state index in [-0.39, 0.29) is 5.91 Å². The van der Waals surface area contributed by atoms with Gasteiger partial charge in [-0.05, 0) is 48.6 Å². The summed E-state index contributed by atoms with van der Waals surface area (Å²) in [5.74, 6) is 2.42. The molecule has 0 radical (unpaired) electrons. The van der Waals surface area contributed by atoms with E-state index in [1.54, 1.807) is 7.11 Å². The number of nitrogens with one attached hydrogen (secondary N) is 1. The van der Waals surface area contributed by atoms with E-state index >= 15 is 0 Å². The van der Waals surface area contributed by atoms with Gasteiger partial charge in [0.1, 0.15) is 19.0 Å². The van der Waals surface area contributed by atoms with E-state index in [1.807, 2.05) is 36.4 Å². The van der Waals surface area contributed by atoms with Crippen LogP contribution in [0.4, 0.5) is 0 Å². The van der Waals surface area contributed by atoms with Crippen LogP contribution in [0.2, 0.25) is 0 Å². The first-order chi connectivity index (χ1) is 12.8. The Bertz CT molecular complexity index is 745. The number of fused-ring (bicyclic) bond motifs is 1. The van der Waals surface area contributed by atoms with Crippen molar-refractivity contribution < 1.29 is 19.0 Å². The summed E-state index contributed by atoms with van der Waals surface area (Å²) < 4.78 is 16.4. The summed E-state index contributed by atoms with van der Waals surface area (Å²) in [6.45, 7) is 1.80. The van der Waals surface area contributed by atoms with Gasteiger partial charge >= 0.3 is 0 Å². The summed E-state index contributed by atoms with van der Waals surface area (Å²) in [6, 6.07) is 13.7. The Morgan fingerprint density at radius 2 is 1.88 bits per heavy atom. The fourth-order valence-electron chi connectivity index (χ4n) is 3.02. The second kappa shape index (κ2) is 9.13. The quantitative estimate of drug-likeness (QED) is 0.739. The number of amides is 1. The molecule has 1 heterocycles. The van der Waals surface area contributed by atoms with Crippen molar-refractivity contribution in [3.8, 4) is 17.2 Å². The van der Waals surface area contributed by atoms with Crippen molar-refractivity contribution in [3.63, 3.8) is 0 Å². The molecular weight excluding hydrogens is 330 g/mol. The van der Waals surface area contributed by atoms with Crippen LogP contribution in [0.5, 0.6) is 17.2 Å². The minimum atomic E-state index is 0.0268. The zero-order valence-corrected chi connectivity index (χ0v) is 15.1. The van der Waals surface area contributed by atoms with Gasteiger partial charge in [-0.2, -0.15) is 0 Å². The second-order valence-corrected chi connectivity index (χ2v) is 6.27. The molecule has 3 rings (SSSR count). The lowest BCUT2D eigenvalue weighted by atomic mass is 10.1. The molecule has 0 spiro atoms. The number of unbranched alkanes of at least 4 members (excludes halogenated alkanes) is 1. The first kappa shape index (κ1) is 18.1. The molecule has 2 aromatic carbocycles. The molecule has 0 aromatic heterocycles. The van der Waals surface area contributed by atoms with E-state index in [4.69, 9.17) is 14.2 Å². The summed E-state index contributed by atoms with van der Waals surface area (Å²) >= 11 is 0. The van der Waals surface area contributed by atoms with Crippen molar-refractivity contribution in [3.05, 3.63) is 53.6 Å². The summed E-state index contributed by atoms with van der Waals surface area (Å²) in [7, 11) is 1.69. The van der Waals surface area contributed by atoms with Gasteiger partial charge in [0, 0.05) is 6.54 Å². The third-order valence-electron chi connectivity index (χ3n) is 4.36. The third-order valence-corrected chi connectivity index (χ3v) is 4.36. The van der Waals surface area contributed by atoms with Crippen LogP contribution in [-0.4, -0.2) is 32.8 Å². The van der Waals surface area contributed by atoms with Crippen molar-refractivity contribution in [2.45, 2.75) is 25.7 Å². The highest BCUT2D eigenvalue weighted by atomic mass is 16.6. The highest BCUT2D eigenvalue weighted by molar-refractivity contribution is 5.78. The van der Waals surface area contributed by atoms with Crippen molar-refractivity contribution >= 4 is 5.91 Å². The molecule has 0 fully saturated rings. The molecule has 1 aliphatic heterocycles. The maximum absolute atomic E-state index is 12.1. The van der Waals surface area contributed by atoms with Crippen LogP contribution in [0, 0.1) is 0 Å². The van der Waals surface area contributed by atoms with E-state index < -0.39 is 0 Å². The molecule has 0 aliphatic carbocycles. The van der Waals surface area contributed by atoms with E-state index in [0.29, 0.717) is 26.2 Å². The fraction of sp³-hybridized carbons (Fsp3) is 0.381. The molecule has 1 amide bonds. The largest absolute Gasteiger partial charge is 0.496 e. The molecule has 5 heteroatoms. The first-order valence-corrected chi connectivity index (χ1v) is 9.03. The van der Waals surface area contributed by atoms with E-state index in [2.05, 4.69) is 11.4 Å². The predicted octanol–water partition coefficient (Wildman–Crippen LogP) is 3.15. The molecule has 5 nitrogen and oxygen atoms in total. The topological polar surface area (TPSA) is 56.8 Å². The standard InChI is InChI=1S/C21H25NO4/c1-24-18-8-3-2-6-17(18)7-4-5-11-22-21(23)15-16-9-10-19-20(14-16)26-13-12-25-19/h2-3,6,8-10,14H,4-5,7,11-13,15H2,1H3,(H,22,23). The number of carbonyl (C=O) groups is 1. The van der Waals surface area contributed by atoms with Gasteiger partial charge in [-0.25, -0.2) is 0 Å². The summed E-state index contributed by atoms with van der Waals surface area (Å²) in [6.07, 6.45) is 3.24. The average molecular weight is 355 g/mol. The zero-order valence-electron chi connectivity index (χ0n) is 15.1. The molecule has 2 aromatic rings. The number of hydrogen-bond donors (Lipinski definition) is 1. The Balaban J connectivity index is 1.38. The number of methoxy groups -OCH3 is 1. The van der Waals surface area contributed by atoms with Gasteiger partial charge < -0.3 is 19.5 Å². The minimum Gasteiger partial charge on any atom is -0.496 e. The van der Waals surface area contributed by atoms with Crippen LogP contribution in [0.25, 0.3) is 0 Å². The molecule has 0 bridgehead atoms. The lowest BCUT2D eigenvalue weighted by molar-refractivity contribution is -0.120. The Morgan fingerprint density at radius 3 is 2.73 bits per heavy atom. The zero-order chi connectivity index (χ0) is 18.2. The molecule has 1 N–H and O–H groups in total. The molecule has 138 valence electrons. The Kier molecular flexibility index (Phi) is 6.36. The Hall–Kier alpha value is -2.69. The van der Waals surface area contributed by atoms with Gasteiger partial charge in [0.25, 0.3) is 0 Å². The number of benzene rings is 2. The number of rotatable bonds is 8. The highest BCUT2D eigenvalue weighted by Crippen LogP contribution is 2.30. The number of hydrogen-bond acceptors (Lipinski definition) is 4. The Labute approximate surface area is 154 Å². The molecule has 0 unspecified atom stereocenters. The predicted molar refractivity (Wildman–Crippen MR) is 100 cm³/mol. The number of ether oxygens (including phenoxy) is 3. The van der Waals surface area contributed by atoms with Crippen LogP contribution in [0.15, 0.2) is 42.5 Å². The first-order valence-electron chi connectivity index (χ1n) is 9.03.